The van der Waals surface area contributed by atoms with E-state index in [-0.39, 0.29) is 0 Å². The monoisotopic (exact) mass is 192 g/mol. The Balaban J connectivity index is 2.49. The predicted octanol–water partition coefficient (Wildman–Crippen LogP) is 2.06. The zero-order valence-corrected chi connectivity index (χ0v) is 9.00. The summed E-state index contributed by atoms with van der Waals surface area (Å²) in [5, 5.41) is 0. The minimum absolute atomic E-state index is 0.839. The van der Waals surface area contributed by atoms with Gasteiger partial charge in [0, 0.05) is 12.2 Å². The van der Waals surface area contributed by atoms with Crippen LogP contribution in [-0.2, 0) is 0 Å². The molecule has 1 fully saturated rings. The van der Waals surface area contributed by atoms with Crippen LogP contribution in [0.5, 0.6) is 0 Å². The van der Waals surface area contributed by atoms with Gasteiger partial charge in [0.2, 0.25) is 0 Å². The van der Waals surface area contributed by atoms with Crippen molar-refractivity contribution >= 4 is 0 Å². The summed E-state index contributed by atoms with van der Waals surface area (Å²) in [7, 11) is 0. The molecule has 2 heteroatoms. The van der Waals surface area contributed by atoms with E-state index < -0.39 is 0 Å². The molecule has 0 aliphatic carbocycles. The van der Waals surface area contributed by atoms with Crippen LogP contribution >= 0.6 is 0 Å². The minimum Gasteiger partial charge on any atom is -0.402 e. The summed E-state index contributed by atoms with van der Waals surface area (Å²) in [5.74, 6) is 0. The fourth-order valence-corrected chi connectivity index (χ4v) is 1.62. The van der Waals surface area contributed by atoms with E-state index in [0.717, 1.165) is 12.2 Å². The van der Waals surface area contributed by atoms with Crippen molar-refractivity contribution in [1.29, 1.82) is 0 Å². The first-order chi connectivity index (χ1) is 6.72. The van der Waals surface area contributed by atoms with Gasteiger partial charge in [-0.25, -0.2) is 0 Å². The molecule has 2 nitrogen and oxygen atoms in total. The van der Waals surface area contributed by atoms with Crippen LogP contribution in [0.2, 0.25) is 0 Å². The van der Waals surface area contributed by atoms with Gasteiger partial charge in [-0.3, -0.25) is 4.90 Å². The molecule has 0 radical (unpaired) electrons. The largest absolute Gasteiger partial charge is 0.402 e. The van der Waals surface area contributed by atoms with E-state index in [1.807, 2.05) is 19.1 Å². The second kappa shape index (κ2) is 5.66. The van der Waals surface area contributed by atoms with Gasteiger partial charge in [-0.15, -0.1) is 0 Å². The van der Waals surface area contributed by atoms with E-state index >= 15 is 0 Å². The number of hydrogen-bond acceptors (Lipinski definition) is 2. The van der Waals surface area contributed by atoms with Crippen molar-refractivity contribution in [2.45, 2.75) is 19.8 Å². The van der Waals surface area contributed by atoms with Crippen molar-refractivity contribution in [3.63, 3.8) is 0 Å². The highest BCUT2D eigenvalue weighted by molar-refractivity contribution is 5.24. The first-order valence-electron chi connectivity index (χ1n) is 5.20. The maximum absolute atomic E-state index is 5.57. The van der Waals surface area contributed by atoms with Crippen molar-refractivity contribution in [1.82, 2.24) is 4.90 Å². The molecule has 1 aliphatic rings. The average Bonchev–Trinajstić information content (AvgIpc) is 2.64. The number of nitrogens with two attached hydrogens (primary N) is 1. The van der Waals surface area contributed by atoms with Gasteiger partial charge in [0.15, 0.2) is 0 Å². The maximum Gasteiger partial charge on any atom is 0.0233 e. The minimum atomic E-state index is 0.839. The second-order valence-corrected chi connectivity index (χ2v) is 3.84. The maximum atomic E-state index is 5.57. The Morgan fingerprint density at radius 3 is 2.50 bits per heavy atom. The zero-order chi connectivity index (χ0) is 10.4. The van der Waals surface area contributed by atoms with E-state index in [9.17, 15) is 0 Å². The quantitative estimate of drug-likeness (QED) is 0.691. The molecule has 0 atom stereocenters. The Hall–Kier alpha value is -1.02. The van der Waals surface area contributed by atoms with Crippen molar-refractivity contribution in [2.75, 3.05) is 19.6 Å². The van der Waals surface area contributed by atoms with E-state index in [1.165, 1.54) is 31.5 Å². The normalized spacial score (nSPS) is 20.1. The number of nitrogens with zero attached hydrogens (tertiary/aromatic N) is 1. The smallest absolute Gasteiger partial charge is 0.0233 e. The molecule has 1 rings (SSSR count). The van der Waals surface area contributed by atoms with Gasteiger partial charge >= 0.3 is 0 Å². The van der Waals surface area contributed by atoms with Gasteiger partial charge in [0.25, 0.3) is 0 Å². The van der Waals surface area contributed by atoms with Crippen LogP contribution < -0.4 is 5.73 Å². The molecule has 0 unspecified atom stereocenters. The molecular formula is C12H20N2. The number of rotatable bonds is 4. The average molecular weight is 192 g/mol. The predicted molar refractivity (Wildman–Crippen MR) is 61.9 cm³/mol. The summed E-state index contributed by atoms with van der Waals surface area (Å²) in [6.07, 6.45) is 8.57. The Morgan fingerprint density at radius 1 is 1.36 bits per heavy atom. The van der Waals surface area contributed by atoms with Gasteiger partial charge in [-0.2, -0.15) is 0 Å². The number of allylic oxidation sites excluding steroid dienone is 3. The lowest BCUT2D eigenvalue weighted by atomic mass is 10.2. The molecular weight excluding hydrogens is 172 g/mol. The molecule has 0 spiro atoms. The van der Waals surface area contributed by atoms with Gasteiger partial charge in [-0.1, -0.05) is 18.7 Å². The highest BCUT2D eigenvalue weighted by Crippen LogP contribution is 2.10. The number of likely N-dealkylation sites (tertiary alicyclic amines) is 1. The van der Waals surface area contributed by atoms with Crippen molar-refractivity contribution in [2.24, 2.45) is 5.73 Å². The Labute approximate surface area is 86.8 Å². The molecule has 14 heavy (non-hydrogen) atoms. The van der Waals surface area contributed by atoms with Crippen LogP contribution in [-0.4, -0.2) is 24.5 Å². The van der Waals surface area contributed by atoms with Gasteiger partial charge < -0.3 is 5.73 Å². The van der Waals surface area contributed by atoms with E-state index in [1.54, 1.807) is 0 Å². The SMILES string of the molecule is C=C/C(=C\C=C(\C)N)CN1CCCC1. The molecule has 0 aromatic carbocycles. The summed E-state index contributed by atoms with van der Waals surface area (Å²) in [6, 6.07) is 0. The van der Waals surface area contributed by atoms with Crippen LogP contribution in [0.25, 0.3) is 0 Å². The summed E-state index contributed by atoms with van der Waals surface area (Å²) < 4.78 is 0. The first-order valence-corrected chi connectivity index (χ1v) is 5.20. The third-order valence-electron chi connectivity index (χ3n) is 2.43. The fourth-order valence-electron chi connectivity index (χ4n) is 1.62. The van der Waals surface area contributed by atoms with Crippen LogP contribution in [0, 0.1) is 0 Å². The third kappa shape index (κ3) is 3.79. The van der Waals surface area contributed by atoms with Gasteiger partial charge in [0.05, 0.1) is 0 Å². The van der Waals surface area contributed by atoms with Crippen LogP contribution in [0.1, 0.15) is 19.8 Å². The molecule has 1 aliphatic heterocycles. The van der Waals surface area contributed by atoms with Crippen LogP contribution in [0.3, 0.4) is 0 Å². The molecule has 0 aromatic rings. The summed E-state index contributed by atoms with van der Waals surface area (Å²) >= 11 is 0. The molecule has 78 valence electrons. The summed E-state index contributed by atoms with van der Waals surface area (Å²) in [5.41, 5.74) is 7.66. The second-order valence-electron chi connectivity index (χ2n) is 3.84. The first kappa shape index (κ1) is 11.1. The fraction of sp³-hybridized carbons (Fsp3) is 0.500. The van der Waals surface area contributed by atoms with Crippen molar-refractivity contribution in [3.05, 3.63) is 36.1 Å². The molecule has 1 saturated heterocycles. The summed E-state index contributed by atoms with van der Waals surface area (Å²) in [4.78, 5) is 2.45. The highest BCUT2D eigenvalue weighted by atomic mass is 15.1. The van der Waals surface area contributed by atoms with Gasteiger partial charge in [0.1, 0.15) is 0 Å². The molecule has 1 heterocycles. The zero-order valence-electron chi connectivity index (χ0n) is 9.00. The highest BCUT2D eigenvalue weighted by Gasteiger charge is 2.11. The molecule has 2 N–H and O–H groups in total. The lowest BCUT2D eigenvalue weighted by Crippen LogP contribution is -2.21. The van der Waals surface area contributed by atoms with E-state index in [4.69, 9.17) is 5.73 Å². The van der Waals surface area contributed by atoms with Crippen LogP contribution in [0.15, 0.2) is 36.1 Å². The molecule has 0 bridgehead atoms. The van der Waals surface area contributed by atoms with Gasteiger partial charge in [-0.05, 0) is 44.5 Å². The molecule has 0 saturated carbocycles. The van der Waals surface area contributed by atoms with E-state index in [0.29, 0.717) is 0 Å². The topological polar surface area (TPSA) is 29.3 Å². The molecule has 0 aromatic heterocycles. The van der Waals surface area contributed by atoms with E-state index in [2.05, 4.69) is 17.6 Å². The third-order valence-corrected chi connectivity index (χ3v) is 2.43. The lowest BCUT2D eigenvalue weighted by molar-refractivity contribution is 0.371. The number of hydrogen-bond donors (Lipinski definition) is 1. The van der Waals surface area contributed by atoms with Crippen LogP contribution in [0.4, 0.5) is 0 Å². The summed E-state index contributed by atoms with van der Waals surface area (Å²) in [6.45, 7) is 9.16. The Bertz CT molecular complexity index is 241. The Morgan fingerprint density at radius 2 is 2.00 bits per heavy atom. The van der Waals surface area contributed by atoms with Crippen molar-refractivity contribution < 1.29 is 0 Å². The van der Waals surface area contributed by atoms with Crippen molar-refractivity contribution in [3.8, 4) is 0 Å². The molecule has 0 amide bonds. The Kier molecular flexibility index (Phi) is 4.47. The lowest BCUT2D eigenvalue weighted by Gasteiger charge is -2.14. The standard InChI is InChI=1S/C12H20N2/c1-3-12(7-6-11(2)13)10-14-8-4-5-9-14/h3,6-7H,1,4-5,8-10,13H2,2H3/b11-6-,12-7+.